The van der Waals surface area contributed by atoms with E-state index in [9.17, 15) is 4.79 Å². The quantitative estimate of drug-likeness (QED) is 0.405. The first-order valence-corrected chi connectivity index (χ1v) is 10.2. The summed E-state index contributed by atoms with van der Waals surface area (Å²) in [4.78, 5) is 17.6. The van der Waals surface area contributed by atoms with Gasteiger partial charge in [0.1, 0.15) is 5.76 Å². The van der Waals surface area contributed by atoms with Gasteiger partial charge in [0.2, 0.25) is 0 Å². The Morgan fingerprint density at radius 3 is 2.77 bits per heavy atom. The topological polar surface area (TPSA) is 61.3 Å². The van der Waals surface area contributed by atoms with Crippen molar-refractivity contribution in [3.63, 3.8) is 0 Å². The lowest BCUT2D eigenvalue weighted by molar-refractivity contribution is 0.359. The van der Waals surface area contributed by atoms with Gasteiger partial charge < -0.3 is 19.6 Å². The summed E-state index contributed by atoms with van der Waals surface area (Å²) in [6.45, 7) is 2.74. The molecule has 4 rings (SSSR count). The summed E-state index contributed by atoms with van der Waals surface area (Å²) in [5.74, 6) is 0.748. The Kier molecular flexibility index (Phi) is 5.88. The van der Waals surface area contributed by atoms with E-state index in [0.717, 1.165) is 27.9 Å². The first kappa shape index (κ1) is 20.2. The van der Waals surface area contributed by atoms with Crippen molar-refractivity contribution in [1.82, 2.24) is 9.88 Å². The molecule has 2 heterocycles. The van der Waals surface area contributed by atoms with Crippen LogP contribution in [0.4, 0.5) is 5.69 Å². The minimum atomic E-state index is -0.136. The van der Waals surface area contributed by atoms with Crippen LogP contribution in [0, 0.1) is 6.92 Å². The molecule has 0 aliphatic heterocycles. The van der Waals surface area contributed by atoms with E-state index in [-0.39, 0.29) is 5.56 Å². The summed E-state index contributed by atoms with van der Waals surface area (Å²) in [5, 5.41) is 5.25. The number of hydrogen-bond acceptors (Lipinski definition) is 3. The third kappa shape index (κ3) is 4.72. The summed E-state index contributed by atoms with van der Waals surface area (Å²) < 4.78 is 5.50. The number of pyridine rings is 1. The molecule has 4 aromatic rings. The fourth-order valence-electron chi connectivity index (χ4n) is 3.24. The minimum Gasteiger partial charge on any atom is -0.467 e. The number of halogens is 1. The average molecular weight is 438 g/mol. The van der Waals surface area contributed by atoms with E-state index in [1.54, 1.807) is 18.4 Å². The van der Waals surface area contributed by atoms with Crippen molar-refractivity contribution >= 4 is 45.5 Å². The van der Waals surface area contributed by atoms with Crippen LogP contribution < -0.4 is 10.9 Å². The second kappa shape index (κ2) is 8.73. The molecule has 0 radical (unpaired) electrons. The Morgan fingerprint density at radius 2 is 2.00 bits per heavy atom. The number of fused-ring (bicyclic) bond motifs is 1. The van der Waals surface area contributed by atoms with Crippen LogP contribution in [0.25, 0.3) is 10.9 Å². The maximum atomic E-state index is 12.7. The molecule has 0 spiro atoms. The van der Waals surface area contributed by atoms with Crippen LogP contribution in [0.15, 0.2) is 76.1 Å². The molecule has 5 nitrogen and oxygen atoms in total. The Morgan fingerprint density at radius 1 is 1.13 bits per heavy atom. The van der Waals surface area contributed by atoms with Gasteiger partial charge in [-0.15, -0.1) is 0 Å². The molecule has 0 unspecified atom stereocenters. The Labute approximate surface area is 184 Å². The maximum Gasteiger partial charge on any atom is 0.253 e. The smallest absolute Gasteiger partial charge is 0.253 e. The van der Waals surface area contributed by atoms with Crippen LogP contribution in [0.3, 0.4) is 0 Å². The van der Waals surface area contributed by atoms with Crippen LogP contribution in [0.2, 0.25) is 5.02 Å². The van der Waals surface area contributed by atoms with E-state index in [2.05, 4.69) is 10.3 Å². The lowest BCUT2D eigenvalue weighted by Gasteiger charge is -2.25. The largest absolute Gasteiger partial charge is 0.467 e. The number of nitrogens with one attached hydrogen (secondary N) is 2. The summed E-state index contributed by atoms with van der Waals surface area (Å²) in [6.07, 6.45) is 1.62. The lowest BCUT2D eigenvalue weighted by Crippen LogP contribution is -2.35. The molecule has 0 saturated heterocycles. The van der Waals surface area contributed by atoms with Gasteiger partial charge in [-0.3, -0.25) is 4.79 Å². The number of hydrogen-bond donors (Lipinski definition) is 2. The number of nitrogens with zero attached hydrogens (tertiary/aromatic N) is 1. The third-order valence-electron chi connectivity index (χ3n) is 4.73. The molecule has 2 N–H and O–H groups in total. The second-order valence-corrected chi connectivity index (χ2v) is 7.91. The lowest BCUT2D eigenvalue weighted by atomic mass is 10.1. The van der Waals surface area contributed by atoms with Crippen molar-refractivity contribution in [3.8, 4) is 0 Å². The van der Waals surface area contributed by atoms with E-state index in [1.807, 2.05) is 60.4 Å². The summed E-state index contributed by atoms with van der Waals surface area (Å²) >= 11 is 11.7. The molecule has 7 heteroatoms. The maximum absolute atomic E-state index is 12.7. The molecule has 0 fully saturated rings. The van der Waals surface area contributed by atoms with Crippen molar-refractivity contribution in [1.29, 1.82) is 0 Å². The van der Waals surface area contributed by atoms with Gasteiger partial charge in [0.05, 0.1) is 19.4 Å². The zero-order valence-corrected chi connectivity index (χ0v) is 17.9. The highest BCUT2D eigenvalue weighted by Gasteiger charge is 2.16. The number of thiocarbonyl (C=S) groups is 1. The summed E-state index contributed by atoms with van der Waals surface area (Å²) in [7, 11) is 0. The molecule has 0 aliphatic rings. The van der Waals surface area contributed by atoms with Crippen LogP contribution in [-0.2, 0) is 13.1 Å². The number of aryl methyl sites for hydroxylation is 1. The number of benzene rings is 2. The Bertz CT molecular complexity index is 1250. The van der Waals surface area contributed by atoms with E-state index in [0.29, 0.717) is 28.8 Å². The first-order valence-electron chi connectivity index (χ1n) is 9.44. The van der Waals surface area contributed by atoms with Crippen LogP contribution >= 0.6 is 23.8 Å². The van der Waals surface area contributed by atoms with E-state index < -0.39 is 0 Å². The summed E-state index contributed by atoms with van der Waals surface area (Å²) in [5.41, 5.74) is 3.18. The number of furan rings is 1. The van der Waals surface area contributed by atoms with Crippen molar-refractivity contribution in [2.75, 3.05) is 5.32 Å². The van der Waals surface area contributed by atoms with Crippen molar-refractivity contribution in [2.45, 2.75) is 20.0 Å². The van der Waals surface area contributed by atoms with Gasteiger partial charge in [-0.25, -0.2) is 0 Å². The predicted octanol–water partition coefficient (Wildman–Crippen LogP) is 5.48. The molecule has 2 aromatic heterocycles. The number of aromatic amines is 1. The standard InChI is InChI=1S/C23H20ClN3O2S/c1-15-7-8-16-11-17(22(28)26-21(16)10-15)13-27(14-20-6-3-9-29-20)23(30)25-19-5-2-4-18(24)12-19/h2-12H,13-14H2,1H3,(H,25,30)(H,26,28). The molecule has 2 aromatic carbocycles. The van der Waals surface area contributed by atoms with Crippen molar-refractivity contribution < 1.29 is 4.42 Å². The highest BCUT2D eigenvalue weighted by Crippen LogP contribution is 2.18. The zero-order chi connectivity index (χ0) is 21.1. The van der Waals surface area contributed by atoms with Gasteiger partial charge in [0.15, 0.2) is 5.11 Å². The second-order valence-electron chi connectivity index (χ2n) is 7.09. The average Bonchev–Trinajstić information content (AvgIpc) is 3.21. The van der Waals surface area contributed by atoms with E-state index in [4.69, 9.17) is 28.2 Å². The van der Waals surface area contributed by atoms with Gasteiger partial charge in [-0.05, 0) is 72.6 Å². The molecule has 0 saturated carbocycles. The van der Waals surface area contributed by atoms with Crippen LogP contribution in [0.5, 0.6) is 0 Å². The fourth-order valence-corrected chi connectivity index (χ4v) is 3.68. The van der Waals surface area contributed by atoms with Crippen LogP contribution in [-0.4, -0.2) is 15.0 Å². The van der Waals surface area contributed by atoms with E-state index >= 15 is 0 Å². The van der Waals surface area contributed by atoms with Crippen molar-refractivity contribution in [3.05, 3.63) is 99.2 Å². The van der Waals surface area contributed by atoms with Gasteiger partial charge >= 0.3 is 0 Å². The molecular formula is C23H20ClN3O2S. The monoisotopic (exact) mass is 437 g/mol. The highest BCUT2D eigenvalue weighted by molar-refractivity contribution is 7.80. The number of anilines is 1. The van der Waals surface area contributed by atoms with Gasteiger partial charge in [-0.1, -0.05) is 29.8 Å². The Hall–Kier alpha value is -3.09. The van der Waals surface area contributed by atoms with Crippen molar-refractivity contribution in [2.24, 2.45) is 0 Å². The van der Waals surface area contributed by atoms with Gasteiger partial charge in [0.25, 0.3) is 5.56 Å². The SMILES string of the molecule is Cc1ccc2cc(CN(Cc3ccco3)C(=S)Nc3cccc(Cl)c3)c(=O)[nH]c2c1. The Balaban J connectivity index is 1.63. The van der Waals surface area contributed by atoms with Crippen LogP contribution in [0.1, 0.15) is 16.9 Å². The molecular weight excluding hydrogens is 418 g/mol. The number of aromatic nitrogens is 1. The fraction of sp³-hybridized carbons (Fsp3) is 0.130. The first-order chi connectivity index (χ1) is 14.5. The number of rotatable bonds is 5. The molecule has 30 heavy (non-hydrogen) atoms. The van der Waals surface area contributed by atoms with Gasteiger partial charge in [-0.2, -0.15) is 0 Å². The normalized spacial score (nSPS) is 10.9. The van der Waals surface area contributed by atoms with Gasteiger partial charge in [0, 0.05) is 21.8 Å². The van der Waals surface area contributed by atoms with E-state index in [1.165, 1.54) is 0 Å². The third-order valence-corrected chi connectivity index (χ3v) is 5.32. The zero-order valence-electron chi connectivity index (χ0n) is 16.3. The molecule has 0 atom stereocenters. The predicted molar refractivity (Wildman–Crippen MR) is 125 cm³/mol. The molecule has 0 amide bonds. The minimum absolute atomic E-state index is 0.136. The highest BCUT2D eigenvalue weighted by atomic mass is 35.5. The number of H-pyrrole nitrogens is 1. The molecule has 0 bridgehead atoms. The molecule has 152 valence electrons. The molecule has 0 aliphatic carbocycles. The summed E-state index contributed by atoms with van der Waals surface area (Å²) in [6, 6.07) is 18.9.